The summed E-state index contributed by atoms with van der Waals surface area (Å²) in [5, 5.41) is 11.6. The maximum Gasteiger partial charge on any atom is 0.279 e. The van der Waals surface area contributed by atoms with Crippen LogP contribution in [0.15, 0.2) is 18.2 Å². The second-order valence-corrected chi connectivity index (χ2v) is 2.04. The standard InChI is InChI=1S/C7H6NO2/c9-7-8-5-3-1-2-4-6(5)10-7/h1,3-4,7-9H. The van der Waals surface area contributed by atoms with Gasteiger partial charge in [-0.1, -0.05) is 6.07 Å². The summed E-state index contributed by atoms with van der Waals surface area (Å²) in [7, 11) is 0. The third-order valence-corrected chi connectivity index (χ3v) is 1.34. The van der Waals surface area contributed by atoms with E-state index in [0.717, 1.165) is 5.69 Å². The second-order valence-electron chi connectivity index (χ2n) is 2.04. The van der Waals surface area contributed by atoms with Gasteiger partial charge >= 0.3 is 0 Å². The molecule has 1 aromatic carbocycles. The van der Waals surface area contributed by atoms with Gasteiger partial charge in [0.15, 0.2) is 0 Å². The number of ether oxygens (including phenoxy) is 1. The second kappa shape index (κ2) is 1.88. The Balaban J connectivity index is 2.42. The number of hydrogen-bond acceptors (Lipinski definition) is 3. The van der Waals surface area contributed by atoms with Gasteiger partial charge in [0.2, 0.25) is 0 Å². The van der Waals surface area contributed by atoms with Crippen LogP contribution in [0.25, 0.3) is 0 Å². The van der Waals surface area contributed by atoms with Gasteiger partial charge in [-0.05, 0) is 18.2 Å². The van der Waals surface area contributed by atoms with Crippen LogP contribution in [-0.2, 0) is 0 Å². The Morgan fingerprint density at radius 3 is 3.40 bits per heavy atom. The van der Waals surface area contributed by atoms with E-state index in [-0.39, 0.29) is 0 Å². The molecule has 1 heterocycles. The van der Waals surface area contributed by atoms with E-state index in [2.05, 4.69) is 11.4 Å². The third kappa shape index (κ3) is 0.717. The minimum absolute atomic E-state index is 0.648. The number of benzene rings is 1. The summed E-state index contributed by atoms with van der Waals surface area (Å²) in [6.45, 7) is 0. The zero-order chi connectivity index (χ0) is 6.97. The minimum atomic E-state index is -0.897. The third-order valence-electron chi connectivity index (χ3n) is 1.34. The molecule has 0 saturated carbocycles. The quantitative estimate of drug-likeness (QED) is 0.547. The van der Waals surface area contributed by atoms with Crippen molar-refractivity contribution in [3.63, 3.8) is 0 Å². The fourth-order valence-corrected chi connectivity index (χ4v) is 0.915. The molecular formula is C7H6NO2. The highest BCUT2D eigenvalue weighted by molar-refractivity contribution is 5.58. The zero-order valence-corrected chi connectivity index (χ0v) is 5.16. The van der Waals surface area contributed by atoms with Gasteiger partial charge in [0.25, 0.3) is 6.41 Å². The number of fused-ring (bicyclic) bond motifs is 1. The van der Waals surface area contributed by atoms with Crippen LogP contribution in [0.1, 0.15) is 0 Å². The molecule has 0 saturated heterocycles. The summed E-state index contributed by atoms with van der Waals surface area (Å²) in [6.07, 6.45) is -0.897. The molecule has 10 heavy (non-hydrogen) atoms. The number of nitrogens with one attached hydrogen (secondary N) is 1. The van der Waals surface area contributed by atoms with Crippen molar-refractivity contribution >= 4 is 5.69 Å². The molecule has 51 valence electrons. The van der Waals surface area contributed by atoms with Gasteiger partial charge in [-0.25, -0.2) is 0 Å². The monoisotopic (exact) mass is 136 g/mol. The van der Waals surface area contributed by atoms with Crippen molar-refractivity contribution in [1.29, 1.82) is 0 Å². The van der Waals surface area contributed by atoms with Crippen molar-refractivity contribution in [3.8, 4) is 5.75 Å². The van der Waals surface area contributed by atoms with Gasteiger partial charge in [-0.15, -0.1) is 0 Å². The van der Waals surface area contributed by atoms with Crippen molar-refractivity contribution < 1.29 is 9.84 Å². The largest absolute Gasteiger partial charge is 0.445 e. The van der Waals surface area contributed by atoms with Gasteiger partial charge in [-0.3, -0.25) is 0 Å². The maximum atomic E-state index is 8.90. The molecule has 1 unspecified atom stereocenters. The Morgan fingerprint density at radius 2 is 2.60 bits per heavy atom. The van der Waals surface area contributed by atoms with Gasteiger partial charge in [-0.2, -0.15) is 0 Å². The topological polar surface area (TPSA) is 41.5 Å². The molecule has 1 atom stereocenters. The summed E-state index contributed by atoms with van der Waals surface area (Å²) in [5.74, 6) is 0.648. The number of rotatable bonds is 0. The Bertz CT molecular complexity index is 224. The summed E-state index contributed by atoms with van der Waals surface area (Å²) >= 11 is 0. The van der Waals surface area contributed by atoms with Gasteiger partial charge in [0.1, 0.15) is 5.75 Å². The van der Waals surface area contributed by atoms with Crippen LogP contribution in [0.5, 0.6) is 5.75 Å². The lowest BCUT2D eigenvalue weighted by Crippen LogP contribution is -2.17. The molecule has 3 nitrogen and oxygen atoms in total. The average molecular weight is 136 g/mol. The van der Waals surface area contributed by atoms with E-state index in [9.17, 15) is 0 Å². The van der Waals surface area contributed by atoms with Crippen molar-refractivity contribution in [3.05, 3.63) is 24.3 Å². The molecular weight excluding hydrogens is 130 g/mol. The Hall–Kier alpha value is -1.22. The molecule has 0 aromatic heterocycles. The molecule has 0 aliphatic carbocycles. The summed E-state index contributed by atoms with van der Waals surface area (Å²) in [5.41, 5.74) is 0.811. The molecule has 0 bridgehead atoms. The van der Waals surface area contributed by atoms with E-state index in [1.165, 1.54) is 0 Å². The highest BCUT2D eigenvalue weighted by atomic mass is 16.6. The van der Waals surface area contributed by atoms with E-state index in [4.69, 9.17) is 9.84 Å². The highest BCUT2D eigenvalue weighted by Crippen LogP contribution is 2.29. The SMILES string of the molecule is OC1Nc2cc[c]cc2O1. The first-order valence-corrected chi connectivity index (χ1v) is 2.97. The van der Waals surface area contributed by atoms with E-state index < -0.39 is 6.41 Å². The zero-order valence-electron chi connectivity index (χ0n) is 5.16. The first-order valence-electron chi connectivity index (χ1n) is 2.97. The van der Waals surface area contributed by atoms with Crippen molar-refractivity contribution in [2.75, 3.05) is 5.32 Å². The van der Waals surface area contributed by atoms with Crippen molar-refractivity contribution in [2.24, 2.45) is 0 Å². The number of hydrogen-bond donors (Lipinski definition) is 2. The van der Waals surface area contributed by atoms with Crippen molar-refractivity contribution in [1.82, 2.24) is 0 Å². The molecule has 1 radical (unpaired) electrons. The molecule has 0 amide bonds. The van der Waals surface area contributed by atoms with Crippen LogP contribution in [0.2, 0.25) is 0 Å². The van der Waals surface area contributed by atoms with Gasteiger partial charge in [0, 0.05) is 0 Å². The normalized spacial score (nSPS) is 21.1. The Labute approximate surface area is 58.2 Å². The van der Waals surface area contributed by atoms with Gasteiger partial charge in [0.05, 0.1) is 5.69 Å². The highest BCUT2D eigenvalue weighted by Gasteiger charge is 2.17. The minimum Gasteiger partial charge on any atom is -0.445 e. The first-order chi connectivity index (χ1) is 4.86. The summed E-state index contributed by atoms with van der Waals surface area (Å²) in [6, 6.07) is 8.07. The van der Waals surface area contributed by atoms with Crippen molar-refractivity contribution in [2.45, 2.75) is 6.41 Å². The van der Waals surface area contributed by atoms with Crippen LogP contribution in [0.3, 0.4) is 0 Å². The van der Waals surface area contributed by atoms with Crippen LogP contribution in [0.4, 0.5) is 5.69 Å². The fourth-order valence-electron chi connectivity index (χ4n) is 0.915. The molecule has 1 aliphatic heterocycles. The van der Waals surface area contributed by atoms with Crippen LogP contribution in [0, 0.1) is 6.07 Å². The lowest BCUT2D eigenvalue weighted by molar-refractivity contribution is 0.0211. The van der Waals surface area contributed by atoms with E-state index in [1.807, 2.05) is 0 Å². The smallest absolute Gasteiger partial charge is 0.279 e. The molecule has 1 aliphatic rings. The van der Waals surface area contributed by atoms with Crippen LogP contribution >= 0.6 is 0 Å². The molecule has 2 rings (SSSR count). The fraction of sp³-hybridized carbons (Fsp3) is 0.143. The molecule has 3 heteroatoms. The molecule has 2 N–H and O–H groups in total. The van der Waals surface area contributed by atoms with Crippen LogP contribution < -0.4 is 10.1 Å². The Kier molecular flexibility index (Phi) is 1.05. The lowest BCUT2D eigenvalue weighted by atomic mass is 10.3. The summed E-state index contributed by atoms with van der Waals surface area (Å²) < 4.78 is 4.92. The summed E-state index contributed by atoms with van der Waals surface area (Å²) in [4.78, 5) is 0. The Morgan fingerprint density at radius 1 is 1.70 bits per heavy atom. The van der Waals surface area contributed by atoms with Gasteiger partial charge < -0.3 is 15.2 Å². The predicted octanol–water partition coefficient (Wildman–Crippen LogP) is 0.567. The average Bonchev–Trinajstić information content (AvgIpc) is 2.27. The molecule has 1 aromatic rings. The van der Waals surface area contributed by atoms with E-state index in [0.29, 0.717) is 5.75 Å². The number of aliphatic hydroxyl groups is 1. The van der Waals surface area contributed by atoms with Crippen LogP contribution in [-0.4, -0.2) is 11.5 Å². The van der Waals surface area contributed by atoms with E-state index in [1.54, 1.807) is 18.2 Å². The first kappa shape index (κ1) is 5.56. The number of anilines is 1. The predicted molar refractivity (Wildman–Crippen MR) is 35.5 cm³/mol. The molecule has 0 fully saturated rings. The lowest BCUT2D eigenvalue weighted by Gasteiger charge is -1.99. The molecule has 0 spiro atoms. The number of aliphatic hydroxyl groups excluding tert-OH is 1. The van der Waals surface area contributed by atoms with E-state index >= 15 is 0 Å². The maximum absolute atomic E-state index is 8.90.